The summed E-state index contributed by atoms with van der Waals surface area (Å²) in [4.78, 5) is 0. The maximum absolute atomic E-state index is 2.87. The van der Waals surface area contributed by atoms with Crippen LogP contribution in [0.3, 0.4) is 0 Å². The van der Waals surface area contributed by atoms with Crippen molar-refractivity contribution in [1.29, 1.82) is 0 Å². The third-order valence-corrected chi connectivity index (χ3v) is 21.4. The van der Waals surface area contributed by atoms with E-state index in [1.807, 2.05) is 0 Å². The molecule has 10 rings (SSSR count). The Balaban J connectivity index is 1.12. The molecule has 0 aromatic rings. The molecular weight excluding hydrogens is 396 g/mol. The number of hydrogen-bond donors (Lipinski definition) is 0. The average Bonchev–Trinajstić information content (AvgIpc) is 2.80. The van der Waals surface area contributed by atoms with E-state index >= 15 is 0 Å². The van der Waals surface area contributed by atoms with Crippen LogP contribution in [0.15, 0.2) is 0 Å². The van der Waals surface area contributed by atoms with Crippen molar-refractivity contribution in [3.63, 3.8) is 0 Å². The molecule has 0 amide bonds. The van der Waals surface area contributed by atoms with Crippen LogP contribution in [-0.4, -0.2) is 0 Å². The third-order valence-electron chi connectivity index (χ3n) is 21.4. The van der Waals surface area contributed by atoms with Gasteiger partial charge in [-0.25, -0.2) is 0 Å². The van der Waals surface area contributed by atoms with Crippen molar-refractivity contribution in [3.05, 3.63) is 0 Å². The van der Waals surface area contributed by atoms with Crippen molar-refractivity contribution in [2.24, 2.45) is 114 Å². The second-order valence-corrected chi connectivity index (χ2v) is 18.1. The zero-order chi connectivity index (χ0) is 23.3. The molecule has 0 aromatic carbocycles. The van der Waals surface area contributed by atoms with Gasteiger partial charge in [0.2, 0.25) is 0 Å². The van der Waals surface area contributed by atoms with E-state index < -0.39 is 0 Å². The van der Waals surface area contributed by atoms with Crippen molar-refractivity contribution in [2.75, 3.05) is 0 Å². The molecule has 0 heterocycles. The predicted octanol–water partition coefficient (Wildman–Crippen LogP) is 7.78. The molecule has 10 fully saturated rings. The summed E-state index contributed by atoms with van der Waals surface area (Å²) in [5.74, 6) is 11.7. The fourth-order valence-electron chi connectivity index (χ4n) is 19.6. The van der Waals surface area contributed by atoms with Gasteiger partial charge >= 0.3 is 0 Å². The van der Waals surface area contributed by atoms with Gasteiger partial charge in [0.05, 0.1) is 0 Å². The minimum atomic E-state index is 0.594. The molecular formula is C33H48. The highest BCUT2D eigenvalue weighted by molar-refractivity contribution is 5.56. The summed E-state index contributed by atoms with van der Waals surface area (Å²) in [7, 11) is 0. The zero-order valence-electron chi connectivity index (χ0n) is 23.3. The number of fused-ring (bicyclic) bond motifs is 25. The second-order valence-electron chi connectivity index (χ2n) is 18.1. The van der Waals surface area contributed by atoms with Crippen molar-refractivity contribution in [2.45, 2.75) is 89.0 Å². The fraction of sp³-hybridized carbons (Fsp3) is 1.00. The van der Waals surface area contributed by atoms with Crippen LogP contribution >= 0.6 is 0 Å². The summed E-state index contributed by atoms with van der Waals surface area (Å²) >= 11 is 0. The molecule has 0 spiro atoms. The van der Waals surface area contributed by atoms with E-state index in [1.54, 1.807) is 12.8 Å². The van der Waals surface area contributed by atoms with Crippen molar-refractivity contribution in [1.82, 2.24) is 0 Å². The van der Waals surface area contributed by atoms with Crippen LogP contribution in [0.25, 0.3) is 0 Å². The molecule has 0 N–H and O–H groups in total. The van der Waals surface area contributed by atoms with Gasteiger partial charge in [-0.05, 0) is 127 Å². The predicted molar refractivity (Wildman–Crippen MR) is 132 cm³/mol. The van der Waals surface area contributed by atoms with Gasteiger partial charge in [-0.1, -0.05) is 76.2 Å². The Morgan fingerprint density at radius 2 is 0.606 bits per heavy atom. The van der Waals surface area contributed by atoms with Gasteiger partial charge in [0.15, 0.2) is 0 Å². The second kappa shape index (κ2) is 3.88. The Morgan fingerprint density at radius 1 is 0.364 bits per heavy atom. The Hall–Kier alpha value is 0. The van der Waals surface area contributed by atoms with E-state index in [1.165, 1.54) is 0 Å². The number of hydrogen-bond acceptors (Lipinski definition) is 0. The SMILES string of the molecule is CC1CC2C3C4C5C6C7C8C9C%10CC(C)C%10(C)C9(C)C8(C)C7(C)C6(C)C5(C)C4(C)C3(C)C12C. The summed E-state index contributed by atoms with van der Waals surface area (Å²) in [6, 6.07) is 0. The van der Waals surface area contributed by atoms with Gasteiger partial charge in [0.1, 0.15) is 0 Å². The van der Waals surface area contributed by atoms with Crippen molar-refractivity contribution < 1.29 is 0 Å². The maximum atomic E-state index is 2.87. The van der Waals surface area contributed by atoms with Crippen LogP contribution in [0.5, 0.6) is 0 Å². The molecule has 10 aliphatic rings. The quantitative estimate of drug-likeness (QED) is 0.335. The first-order valence-corrected chi connectivity index (χ1v) is 15.1. The van der Waals surface area contributed by atoms with Crippen LogP contribution in [0.2, 0.25) is 0 Å². The summed E-state index contributed by atoms with van der Waals surface area (Å²) in [5.41, 5.74) is 5.55. The highest BCUT2D eigenvalue weighted by Gasteiger charge is 3.10. The summed E-state index contributed by atoms with van der Waals surface area (Å²) in [6.07, 6.45) is 3.10. The highest BCUT2D eigenvalue weighted by atomic mass is 15.1. The number of rotatable bonds is 0. The Kier molecular flexibility index (Phi) is 2.25. The van der Waals surface area contributed by atoms with E-state index in [0.717, 1.165) is 65.1 Å². The maximum Gasteiger partial charge on any atom is -0.0167 e. The molecule has 0 saturated heterocycles. The molecule has 0 heteroatoms. The van der Waals surface area contributed by atoms with Crippen molar-refractivity contribution in [3.8, 4) is 0 Å². The van der Waals surface area contributed by atoms with Gasteiger partial charge in [0, 0.05) is 0 Å². The molecule has 10 saturated carbocycles. The van der Waals surface area contributed by atoms with Gasteiger partial charge in [-0.3, -0.25) is 0 Å². The van der Waals surface area contributed by atoms with Crippen LogP contribution in [0, 0.1) is 114 Å². The first kappa shape index (κ1) is 19.2. The molecule has 0 bridgehead atoms. The minimum absolute atomic E-state index is 0.594. The Morgan fingerprint density at radius 3 is 0.879 bits per heavy atom. The first-order chi connectivity index (χ1) is 15.1. The Bertz CT molecular complexity index is 1070. The fourth-order valence-corrected chi connectivity index (χ4v) is 19.6. The molecule has 18 unspecified atom stereocenters. The standard InChI is InChI=1S/C33H48/c1-14-12-16-18-20-22-24-23-21-19-17-13-15(2)26(17,4)28(19,6)30(21,8)32(23,10)33(24,11)31(22,9)29(20,7)27(18,5)25(14,16)3/h14-24H,12-13H2,1-11H3. The van der Waals surface area contributed by atoms with E-state index in [4.69, 9.17) is 0 Å². The minimum Gasteiger partial charge on any atom is -0.0619 e. The van der Waals surface area contributed by atoms with Gasteiger partial charge in [-0.2, -0.15) is 0 Å². The van der Waals surface area contributed by atoms with Gasteiger partial charge in [-0.15, -0.1) is 0 Å². The van der Waals surface area contributed by atoms with Gasteiger partial charge < -0.3 is 0 Å². The normalized spacial score (nSPS) is 90.8. The lowest BCUT2D eigenvalue weighted by atomic mass is 8.91. The molecule has 10 aliphatic carbocycles. The smallest absolute Gasteiger partial charge is 0.0167 e. The molecule has 0 nitrogen and oxygen atoms in total. The van der Waals surface area contributed by atoms with Crippen molar-refractivity contribution >= 4 is 0 Å². The summed E-state index contributed by atoms with van der Waals surface area (Å²) in [6.45, 7) is 30.5. The molecule has 0 aromatic heterocycles. The lowest BCUT2D eigenvalue weighted by molar-refractivity contribution is -0.666. The van der Waals surface area contributed by atoms with Crippen LogP contribution in [0.4, 0.5) is 0 Å². The zero-order valence-corrected chi connectivity index (χ0v) is 23.3. The third kappa shape index (κ3) is 0.909. The summed E-state index contributed by atoms with van der Waals surface area (Å²) in [5, 5.41) is 0. The Labute approximate surface area is 202 Å². The molecule has 18 atom stereocenters. The van der Waals surface area contributed by atoms with E-state index in [-0.39, 0.29) is 0 Å². The first-order valence-electron chi connectivity index (χ1n) is 15.1. The molecule has 0 aliphatic heterocycles. The largest absolute Gasteiger partial charge is 0.0619 e. The molecule has 180 valence electrons. The molecule has 33 heavy (non-hydrogen) atoms. The highest BCUT2D eigenvalue weighted by Crippen LogP contribution is 3.14. The average molecular weight is 445 g/mol. The van der Waals surface area contributed by atoms with Crippen LogP contribution < -0.4 is 0 Å². The topological polar surface area (TPSA) is 0 Å². The van der Waals surface area contributed by atoms with E-state index in [9.17, 15) is 0 Å². The lowest BCUT2D eigenvalue weighted by Crippen LogP contribution is -3.09. The van der Waals surface area contributed by atoms with Gasteiger partial charge in [0.25, 0.3) is 0 Å². The van der Waals surface area contributed by atoms with Crippen LogP contribution in [0.1, 0.15) is 89.0 Å². The van der Waals surface area contributed by atoms with E-state index in [2.05, 4.69) is 76.2 Å². The van der Waals surface area contributed by atoms with Crippen LogP contribution in [-0.2, 0) is 0 Å². The summed E-state index contributed by atoms with van der Waals surface area (Å²) < 4.78 is 0. The van der Waals surface area contributed by atoms with E-state index in [0.29, 0.717) is 48.7 Å². The lowest BCUT2D eigenvalue weighted by Gasteiger charge is -3.13. The molecule has 0 radical (unpaired) electrons. The monoisotopic (exact) mass is 444 g/mol.